The number of carboxylic acids is 1. The Morgan fingerprint density at radius 3 is 2.75 bits per heavy atom. The molecule has 0 aromatic heterocycles. The van der Waals surface area contributed by atoms with Crippen LogP contribution >= 0.6 is 0 Å². The molecule has 2 fully saturated rings. The van der Waals surface area contributed by atoms with Gasteiger partial charge in [-0.05, 0) is 25.2 Å². The molecule has 2 amide bonds. The molecular weight excluding hydrogens is 260 g/mol. The van der Waals surface area contributed by atoms with Crippen molar-refractivity contribution in [1.29, 1.82) is 0 Å². The van der Waals surface area contributed by atoms with Crippen molar-refractivity contribution in [2.24, 2.45) is 5.92 Å². The summed E-state index contributed by atoms with van der Waals surface area (Å²) in [4.78, 5) is 27.3. The van der Waals surface area contributed by atoms with Gasteiger partial charge in [-0.15, -0.1) is 0 Å². The van der Waals surface area contributed by atoms with E-state index in [-0.39, 0.29) is 18.1 Å². The zero-order valence-corrected chi connectivity index (χ0v) is 12.2. The maximum Gasteiger partial charge on any atom is 0.326 e. The zero-order valence-electron chi connectivity index (χ0n) is 12.2. The molecule has 2 rings (SSSR count). The first kappa shape index (κ1) is 15.1. The molecule has 0 bridgehead atoms. The van der Waals surface area contributed by atoms with Crippen molar-refractivity contribution in [2.45, 2.75) is 45.3 Å². The lowest BCUT2D eigenvalue weighted by Crippen LogP contribution is -2.58. The monoisotopic (exact) mass is 284 g/mol. The molecule has 0 spiro atoms. The third kappa shape index (κ3) is 3.06. The van der Waals surface area contributed by atoms with Gasteiger partial charge in [0.2, 0.25) is 0 Å². The number of aliphatic carboxylic acids is 1. The molecule has 3 atom stereocenters. The SMILES string of the molecule is CCC1CN(C(=O)N2CCCC(C)C2C(=O)O)CCO1. The van der Waals surface area contributed by atoms with E-state index in [9.17, 15) is 14.7 Å². The van der Waals surface area contributed by atoms with Crippen molar-refractivity contribution >= 4 is 12.0 Å². The average Bonchev–Trinajstić information content (AvgIpc) is 2.45. The van der Waals surface area contributed by atoms with Crippen LogP contribution in [0.3, 0.4) is 0 Å². The van der Waals surface area contributed by atoms with E-state index >= 15 is 0 Å². The van der Waals surface area contributed by atoms with E-state index in [1.165, 1.54) is 4.90 Å². The minimum atomic E-state index is -0.897. The highest BCUT2D eigenvalue weighted by Gasteiger charge is 2.39. The largest absolute Gasteiger partial charge is 0.480 e. The Hall–Kier alpha value is -1.30. The maximum atomic E-state index is 12.6. The second-order valence-electron chi connectivity index (χ2n) is 5.73. The Labute approximate surface area is 119 Å². The molecule has 2 aliphatic rings. The Balaban J connectivity index is 2.07. The molecule has 0 aromatic rings. The smallest absolute Gasteiger partial charge is 0.326 e. The number of nitrogens with zero attached hydrogens (tertiary/aromatic N) is 2. The van der Waals surface area contributed by atoms with Gasteiger partial charge in [0, 0.05) is 19.6 Å². The van der Waals surface area contributed by atoms with Crippen molar-refractivity contribution < 1.29 is 19.4 Å². The third-order valence-electron chi connectivity index (χ3n) is 4.30. The normalized spacial score (nSPS) is 31.2. The molecule has 3 unspecified atom stereocenters. The van der Waals surface area contributed by atoms with Crippen LogP contribution in [0.2, 0.25) is 0 Å². The molecule has 1 N–H and O–H groups in total. The van der Waals surface area contributed by atoms with E-state index in [1.807, 2.05) is 13.8 Å². The van der Waals surface area contributed by atoms with Gasteiger partial charge < -0.3 is 19.6 Å². The highest BCUT2D eigenvalue weighted by molar-refractivity contribution is 5.83. The number of carboxylic acid groups (broad SMARTS) is 1. The fourth-order valence-corrected chi connectivity index (χ4v) is 3.10. The van der Waals surface area contributed by atoms with E-state index in [0.29, 0.717) is 26.2 Å². The number of ether oxygens (including phenoxy) is 1. The summed E-state index contributed by atoms with van der Waals surface area (Å²) < 4.78 is 5.56. The fraction of sp³-hybridized carbons (Fsp3) is 0.857. The maximum absolute atomic E-state index is 12.6. The lowest BCUT2D eigenvalue weighted by atomic mass is 9.91. The van der Waals surface area contributed by atoms with Gasteiger partial charge in [0.05, 0.1) is 12.7 Å². The molecule has 2 heterocycles. The molecule has 20 heavy (non-hydrogen) atoms. The molecule has 6 heteroatoms. The standard InChI is InChI=1S/C14H24N2O4/c1-3-11-9-15(7-8-20-11)14(19)16-6-4-5-10(2)12(16)13(17)18/h10-12H,3-9H2,1-2H3,(H,17,18). The first-order valence-electron chi connectivity index (χ1n) is 7.44. The predicted octanol–water partition coefficient (Wildman–Crippen LogP) is 1.40. The van der Waals surface area contributed by atoms with Crippen molar-refractivity contribution in [3.63, 3.8) is 0 Å². The van der Waals surface area contributed by atoms with Gasteiger partial charge in [0.25, 0.3) is 0 Å². The lowest BCUT2D eigenvalue weighted by Gasteiger charge is -2.42. The van der Waals surface area contributed by atoms with Gasteiger partial charge in [-0.25, -0.2) is 9.59 Å². The van der Waals surface area contributed by atoms with Gasteiger partial charge in [0.1, 0.15) is 6.04 Å². The first-order chi connectivity index (χ1) is 9.54. The van der Waals surface area contributed by atoms with E-state index in [2.05, 4.69) is 0 Å². The lowest BCUT2D eigenvalue weighted by molar-refractivity contribution is -0.145. The van der Waals surface area contributed by atoms with Crippen molar-refractivity contribution in [2.75, 3.05) is 26.2 Å². The number of carbonyl (C=O) groups excluding carboxylic acids is 1. The molecule has 0 radical (unpaired) electrons. The number of hydrogen-bond acceptors (Lipinski definition) is 3. The van der Waals surface area contributed by atoms with Crippen LogP contribution < -0.4 is 0 Å². The summed E-state index contributed by atoms with van der Waals surface area (Å²) in [7, 11) is 0. The van der Waals surface area contributed by atoms with Gasteiger partial charge in [-0.2, -0.15) is 0 Å². The molecule has 2 aliphatic heterocycles. The highest BCUT2D eigenvalue weighted by Crippen LogP contribution is 2.25. The molecule has 114 valence electrons. The quantitative estimate of drug-likeness (QED) is 0.832. The van der Waals surface area contributed by atoms with E-state index in [4.69, 9.17) is 4.74 Å². The number of carbonyl (C=O) groups is 2. The van der Waals surface area contributed by atoms with Gasteiger partial charge in [-0.1, -0.05) is 13.8 Å². The van der Waals surface area contributed by atoms with Crippen LogP contribution in [0.5, 0.6) is 0 Å². The topological polar surface area (TPSA) is 70.1 Å². The van der Waals surface area contributed by atoms with Gasteiger partial charge >= 0.3 is 12.0 Å². The summed E-state index contributed by atoms with van der Waals surface area (Å²) in [5.74, 6) is -0.890. The number of piperidine rings is 1. The summed E-state index contributed by atoms with van der Waals surface area (Å²) >= 11 is 0. The summed E-state index contributed by atoms with van der Waals surface area (Å²) in [6.07, 6.45) is 2.67. The molecule has 0 aliphatic carbocycles. The van der Waals surface area contributed by atoms with Crippen LogP contribution in [0.4, 0.5) is 4.79 Å². The fourth-order valence-electron chi connectivity index (χ4n) is 3.10. The average molecular weight is 284 g/mol. The number of urea groups is 1. The molecule has 0 aromatic carbocycles. The second-order valence-corrected chi connectivity index (χ2v) is 5.73. The number of hydrogen-bond donors (Lipinski definition) is 1. The summed E-state index contributed by atoms with van der Waals surface area (Å²) in [5, 5.41) is 9.39. The van der Waals surface area contributed by atoms with Crippen molar-refractivity contribution in [3.8, 4) is 0 Å². The Kier molecular flexibility index (Phi) is 4.86. The predicted molar refractivity (Wildman–Crippen MR) is 73.5 cm³/mol. The van der Waals surface area contributed by atoms with Gasteiger partial charge in [0.15, 0.2) is 0 Å². The number of amides is 2. The third-order valence-corrected chi connectivity index (χ3v) is 4.30. The zero-order chi connectivity index (χ0) is 14.7. The first-order valence-corrected chi connectivity index (χ1v) is 7.44. The number of rotatable bonds is 2. The van der Waals surface area contributed by atoms with E-state index in [0.717, 1.165) is 19.3 Å². The van der Waals surface area contributed by atoms with Crippen LogP contribution in [0.25, 0.3) is 0 Å². The van der Waals surface area contributed by atoms with Crippen molar-refractivity contribution in [3.05, 3.63) is 0 Å². The van der Waals surface area contributed by atoms with Crippen LogP contribution in [-0.4, -0.2) is 65.3 Å². The molecular formula is C14H24N2O4. The summed E-state index contributed by atoms with van der Waals surface area (Å²) in [5.41, 5.74) is 0. The molecule has 0 saturated carbocycles. The second kappa shape index (κ2) is 6.43. The highest BCUT2D eigenvalue weighted by atomic mass is 16.5. The number of morpholine rings is 1. The minimum Gasteiger partial charge on any atom is -0.480 e. The number of likely N-dealkylation sites (tertiary alicyclic amines) is 1. The minimum absolute atomic E-state index is 0.00760. The van der Waals surface area contributed by atoms with Crippen LogP contribution in [-0.2, 0) is 9.53 Å². The van der Waals surface area contributed by atoms with Crippen LogP contribution in [0.15, 0.2) is 0 Å². The molecule has 6 nitrogen and oxygen atoms in total. The van der Waals surface area contributed by atoms with E-state index < -0.39 is 12.0 Å². The van der Waals surface area contributed by atoms with Crippen LogP contribution in [0, 0.1) is 5.92 Å². The Morgan fingerprint density at radius 2 is 2.10 bits per heavy atom. The summed E-state index contributed by atoms with van der Waals surface area (Å²) in [6, 6.07) is -0.843. The summed E-state index contributed by atoms with van der Waals surface area (Å²) in [6.45, 7) is 6.12. The Bertz CT molecular complexity index is 374. The Morgan fingerprint density at radius 1 is 1.35 bits per heavy atom. The van der Waals surface area contributed by atoms with E-state index in [1.54, 1.807) is 4.90 Å². The van der Waals surface area contributed by atoms with Crippen molar-refractivity contribution in [1.82, 2.24) is 9.80 Å². The van der Waals surface area contributed by atoms with Crippen LogP contribution in [0.1, 0.15) is 33.1 Å². The molecule has 2 saturated heterocycles. The van der Waals surface area contributed by atoms with Gasteiger partial charge in [-0.3, -0.25) is 0 Å².